The first-order chi connectivity index (χ1) is 11.4. The van der Waals surface area contributed by atoms with Gasteiger partial charge in [0.05, 0.1) is 4.90 Å². The quantitative estimate of drug-likeness (QED) is 0.842. The molecule has 0 aromatic heterocycles. The fraction of sp³-hybridized carbons (Fsp3) is 0.588. The van der Waals surface area contributed by atoms with Gasteiger partial charge in [-0.2, -0.15) is 4.31 Å². The van der Waals surface area contributed by atoms with E-state index < -0.39 is 10.0 Å². The number of hydrogen-bond donors (Lipinski definition) is 1. The van der Waals surface area contributed by atoms with Crippen LogP contribution < -0.4 is 5.32 Å². The van der Waals surface area contributed by atoms with E-state index in [9.17, 15) is 13.2 Å². The van der Waals surface area contributed by atoms with Crippen molar-refractivity contribution in [3.63, 3.8) is 0 Å². The highest BCUT2D eigenvalue weighted by Crippen LogP contribution is 2.20. The maximum atomic E-state index is 12.7. The molecule has 7 heteroatoms. The van der Waals surface area contributed by atoms with Gasteiger partial charge < -0.3 is 10.2 Å². The summed E-state index contributed by atoms with van der Waals surface area (Å²) >= 11 is 0. The van der Waals surface area contributed by atoms with Gasteiger partial charge >= 0.3 is 0 Å². The number of carbonyl (C=O) groups excluding carboxylic acids is 1. The molecule has 134 valence electrons. The highest BCUT2D eigenvalue weighted by molar-refractivity contribution is 7.89. The Bertz CT molecular complexity index is 634. The highest BCUT2D eigenvalue weighted by atomic mass is 32.2. The smallest absolute Gasteiger partial charge is 0.251 e. The first-order valence-corrected chi connectivity index (χ1v) is 9.88. The zero-order chi connectivity index (χ0) is 17.6. The van der Waals surface area contributed by atoms with Crippen molar-refractivity contribution in [3.8, 4) is 0 Å². The molecule has 0 radical (unpaired) electrons. The molecule has 24 heavy (non-hydrogen) atoms. The van der Waals surface area contributed by atoms with Crippen LogP contribution in [0.25, 0.3) is 0 Å². The summed E-state index contributed by atoms with van der Waals surface area (Å²) in [6.45, 7) is 2.47. The van der Waals surface area contributed by atoms with Crippen LogP contribution in [0.5, 0.6) is 0 Å². The molecular formula is C17H27N3O3S. The van der Waals surface area contributed by atoms with Gasteiger partial charge in [-0.3, -0.25) is 4.79 Å². The van der Waals surface area contributed by atoms with E-state index in [0.717, 1.165) is 32.2 Å². The number of nitrogens with zero attached hydrogens (tertiary/aromatic N) is 2. The van der Waals surface area contributed by atoms with Gasteiger partial charge in [0.15, 0.2) is 0 Å². The number of carbonyl (C=O) groups is 1. The van der Waals surface area contributed by atoms with Crippen molar-refractivity contribution < 1.29 is 13.2 Å². The minimum absolute atomic E-state index is 0.185. The normalized spacial score (nSPS) is 16.8. The van der Waals surface area contributed by atoms with Gasteiger partial charge in [0, 0.05) is 31.7 Å². The lowest BCUT2D eigenvalue weighted by Gasteiger charge is -2.20. The fourth-order valence-corrected chi connectivity index (χ4v) is 4.22. The van der Waals surface area contributed by atoms with E-state index in [1.165, 1.54) is 12.1 Å². The average molecular weight is 353 g/mol. The monoisotopic (exact) mass is 353 g/mol. The summed E-state index contributed by atoms with van der Waals surface area (Å²) in [6.07, 6.45) is 3.98. The van der Waals surface area contributed by atoms with E-state index in [1.54, 1.807) is 16.4 Å². The molecule has 6 nitrogen and oxygen atoms in total. The number of sulfonamides is 1. The standard InChI is InChI=1S/C17H27N3O3S/c1-19(2)14-11-18-17(21)15-7-9-16(10-8-15)24(22,23)20-12-5-3-4-6-13-20/h7-10H,3-6,11-14H2,1-2H3,(H,18,21). The molecule has 1 heterocycles. The Balaban J connectivity index is 2.03. The lowest BCUT2D eigenvalue weighted by Crippen LogP contribution is -2.32. The molecule has 1 fully saturated rings. The number of rotatable bonds is 6. The minimum Gasteiger partial charge on any atom is -0.351 e. The van der Waals surface area contributed by atoms with Crippen LogP contribution in [0.4, 0.5) is 0 Å². The van der Waals surface area contributed by atoms with Crippen LogP contribution in [0.2, 0.25) is 0 Å². The molecule has 1 aromatic rings. The first kappa shape index (κ1) is 18.9. The number of hydrogen-bond acceptors (Lipinski definition) is 4. The Labute approximate surface area is 144 Å². The fourth-order valence-electron chi connectivity index (χ4n) is 2.70. The second kappa shape index (κ2) is 8.60. The van der Waals surface area contributed by atoms with Crippen LogP contribution >= 0.6 is 0 Å². The maximum Gasteiger partial charge on any atom is 0.251 e. The van der Waals surface area contributed by atoms with Crippen molar-refractivity contribution >= 4 is 15.9 Å². The van der Waals surface area contributed by atoms with Gasteiger partial charge in [-0.05, 0) is 51.2 Å². The largest absolute Gasteiger partial charge is 0.351 e. The molecule has 2 rings (SSSR count). The van der Waals surface area contributed by atoms with Gasteiger partial charge in [0.25, 0.3) is 5.91 Å². The molecule has 0 bridgehead atoms. The van der Waals surface area contributed by atoms with E-state index in [2.05, 4.69) is 5.32 Å². The molecule has 1 amide bonds. The van der Waals surface area contributed by atoms with E-state index in [4.69, 9.17) is 0 Å². The van der Waals surface area contributed by atoms with Gasteiger partial charge in [0.1, 0.15) is 0 Å². The molecule has 0 aliphatic carbocycles. The van der Waals surface area contributed by atoms with Gasteiger partial charge in [-0.1, -0.05) is 12.8 Å². The lowest BCUT2D eigenvalue weighted by atomic mass is 10.2. The number of likely N-dealkylation sites (N-methyl/N-ethyl adjacent to an activating group) is 1. The van der Waals surface area contributed by atoms with Crippen molar-refractivity contribution in [2.75, 3.05) is 40.3 Å². The summed E-state index contributed by atoms with van der Waals surface area (Å²) in [4.78, 5) is 14.3. The van der Waals surface area contributed by atoms with Crippen molar-refractivity contribution in [1.82, 2.24) is 14.5 Å². The Morgan fingerprint density at radius 1 is 1.08 bits per heavy atom. The summed E-state index contributed by atoms with van der Waals surface area (Å²) in [5.74, 6) is -0.185. The van der Waals surface area contributed by atoms with Crippen LogP contribution in [0.1, 0.15) is 36.0 Å². The summed E-state index contributed by atoms with van der Waals surface area (Å²) in [7, 11) is 0.417. The van der Waals surface area contributed by atoms with E-state index in [-0.39, 0.29) is 10.8 Å². The number of nitrogens with one attached hydrogen (secondary N) is 1. The van der Waals surface area contributed by atoms with Crippen LogP contribution in [0, 0.1) is 0 Å². The van der Waals surface area contributed by atoms with Crippen molar-refractivity contribution in [1.29, 1.82) is 0 Å². The third-order valence-corrected chi connectivity index (χ3v) is 6.08. The van der Waals surface area contributed by atoms with Crippen LogP contribution in [0.3, 0.4) is 0 Å². The summed E-state index contributed by atoms with van der Waals surface area (Å²) in [6, 6.07) is 6.22. The van der Waals surface area contributed by atoms with Gasteiger partial charge in [0.2, 0.25) is 10.0 Å². The molecule has 0 unspecified atom stereocenters. The van der Waals surface area contributed by atoms with Crippen molar-refractivity contribution in [2.45, 2.75) is 30.6 Å². The average Bonchev–Trinajstić information content (AvgIpc) is 2.84. The second-order valence-electron chi connectivity index (χ2n) is 6.40. The second-order valence-corrected chi connectivity index (χ2v) is 8.34. The summed E-state index contributed by atoms with van der Waals surface area (Å²) in [5.41, 5.74) is 0.476. The topological polar surface area (TPSA) is 69.7 Å². The van der Waals surface area contributed by atoms with Crippen molar-refractivity contribution in [3.05, 3.63) is 29.8 Å². The Morgan fingerprint density at radius 3 is 2.21 bits per heavy atom. The number of benzene rings is 1. The molecule has 0 spiro atoms. The molecule has 1 aliphatic rings. The Hall–Kier alpha value is -1.44. The van der Waals surface area contributed by atoms with Gasteiger partial charge in [-0.15, -0.1) is 0 Å². The zero-order valence-corrected chi connectivity index (χ0v) is 15.3. The van der Waals surface area contributed by atoms with Crippen LogP contribution in [0.15, 0.2) is 29.2 Å². The van der Waals surface area contributed by atoms with Crippen molar-refractivity contribution in [2.24, 2.45) is 0 Å². The maximum absolute atomic E-state index is 12.7. The third-order valence-electron chi connectivity index (χ3n) is 4.16. The van der Waals surface area contributed by atoms with E-state index >= 15 is 0 Å². The lowest BCUT2D eigenvalue weighted by molar-refractivity contribution is 0.0951. The zero-order valence-electron chi connectivity index (χ0n) is 14.5. The molecule has 1 N–H and O–H groups in total. The molecular weight excluding hydrogens is 326 g/mol. The summed E-state index contributed by atoms with van der Waals surface area (Å²) in [5, 5.41) is 2.82. The Kier molecular flexibility index (Phi) is 6.77. The summed E-state index contributed by atoms with van der Waals surface area (Å²) < 4.78 is 26.9. The molecule has 0 saturated carbocycles. The van der Waals surface area contributed by atoms with Gasteiger partial charge in [-0.25, -0.2) is 8.42 Å². The predicted molar refractivity (Wildman–Crippen MR) is 94.6 cm³/mol. The number of amides is 1. The molecule has 1 saturated heterocycles. The molecule has 1 aromatic carbocycles. The highest BCUT2D eigenvalue weighted by Gasteiger charge is 2.25. The Morgan fingerprint density at radius 2 is 1.67 bits per heavy atom. The molecule has 1 aliphatic heterocycles. The third kappa shape index (κ3) is 5.03. The SMILES string of the molecule is CN(C)CCNC(=O)c1ccc(S(=O)(=O)N2CCCCCC2)cc1. The van der Waals surface area contributed by atoms with E-state index in [0.29, 0.717) is 25.2 Å². The van der Waals surface area contributed by atoms with E-state index in [1.807, 2.05) is 19.0 Å². The predicted octanol–water partition coefficient (Wildman–Crippen LogP) is 1.54. The van der Waals surface area contributed by atoms with Crippen LogP contribution in [-0.4, -0.2) is 63.8 Å². The first-order valence-electron chi connectivity index (χ1n) is 8.44. The van der Waals surface area contributed by atoms with Crippen LogP contribution in [-0.2, 0) is 10.0 Å². The minimum atomic E-state index is -3.46. The molecule has 0 atom stereocenters.